The number of Topliss-reactive ketones (excluding diaryl/α,β-unsaturated/α-hetero) is 1. The molecule has 22 heavy (non-hydrogen) atoms. The molecule has 0 unspecified atom stereocenters. The van der Waals surface area contributed by atoms with Crippen LogP contribution in [-0.2, 0) is 0 Å². The first kappa shape index (κ1) is 16.8. The topological polar surface area (TPSA) is 47.6 Å². The van der Waals surface area contributed by atoms with E-state index in [9.17, 15) is 4.79 Å². The molecule has 1 aliphatic heterocycles. The summed E-state index contributed by atoms with van der Waals surface area (Å²) < 4.78 is 11.6. The predicted octanol–water partition coefficient (Wildman–Crippen LogP) is 3.44. The van der Waals surface area contributed by atoms with Gasteiger partial charge in [0.2, 0.25) is 0 Å². The molecular formula is C18H27NO3. The normalized spacial score (nSPS) is 16.1. The zero-order valence-electron chi connectivity index (χ0n) is 14.0. The second-order valence-electron chi connectivity index (χ2n) is 6.38. The van der Waals surface area contributed by atoms with Crippen LogP contribution in [0.1, 0.15) is 50.9 Å². The van der Waals surface area contributed by atoms with Gasteiger partial charge >= 0.3 is 0 Å². The van der Waals surface area contributed by atoms with Gasteiger partial charge in [0.25, 0.3) is 0 Å². The minimum atomic E-state index is 0.0221. The van der Waals surface area contributed by atoms with Crippen LogP contribution in [0.5, 0.6) is 11.5 Å². The molecule has 0 saturated carbocycles. The highest BCUT2D eigenvalue weighted by Gasteiger charge is 2.25. The monoisotopic (exact) mass is 305 g/mol. The Morgan fingerprint density at radius 3 is 2.32 bits per heavy atom. The Kier molecular flexibility index (Phi) is 5.83. The van der Waals surface area contributed by atoms with Gasteiger partial charge in [-0.2, -0.15) is 0 Å². The SMILES string of the molecule is CC(C)Oc1ccc(C(=O)C2CCNCC2)c(OC(C)C)c1. The third-order valence-electron chi connectivity index (χ3n) is 3.66. The molecule has 4 heteroatoms. The largest absolute Gasteiger partial charge is 0.491 e. The molecule has 1 heterocycles. The average molecular weight is 305 g/mol. The van der Waals surface area contributed by atoms with E-state index >= 15 is 0 Å². The number of nitrogens with one attached hydrogen (secondary N) is 1. The van der Waals surface area contributed by atoms with Gasteiger partial charge in [0.15, 0.2) is 5.78 Å². The average Bonchev–Trinajstić information content (AvgIpc) is 2.46. The van der Waals surface area contributed by atoms with E-state index in [0.29, 0.717) is 11.3 Å². The van der Waals surface area contributed by atoms with E-state index in [2.05, 4.69) is 5.32 Å². The molecule has 1 aromatic rings. The molecule has 1 N–H and O–H groups in total. The highest BCUT2D eigenvalue weighted by Crippen LogP contribution is 2.30. The Bertz CT molecular complexity index is 505. The number of ketones is 1. The maximum Gasteiger partial charge on any atom is 0.169 e. The minimum Gasteiger partial charge on any atom is -0.491 e. The predicted molar refractivity (Wildman–Crippen MR) is 87.9 cm³/mol. The Hall–Kier alpha value is -1.55. The summed E-state index contributed by atoms with van der Waals surface area (Å²) in [5.74, 6) is 1.66. The standard InChI is InChI=1S/C18H27NO3/c1-12(2)21-15-5-6-16(17(11-15)22-13(3)4)18(20)14-7-9-19-10-8-14/h5-6,11-14,19H,7-10H2,1-4H3. The molecule has 0 aromatic heterocycles. The molecule has 4 nitrogen and oxygen atoms in total. The van der Waals surface area contributed by atoms with E-state index in [1.54, 1.807) is 0 Å². The van der Waals surface area contributed by atoms with Crippen molar-refractivity contribution in [2.45, 2.75) is 52.7 Å². The Balaban J connectivity index is 2.25. The van der Waals surface area contributed by atoms with Crippen LogP contribution in [0.2, 0.25) is 0 Å². The van der Waals surface area contributed by atoms with Crippen molar-refractivity contribution in [2.24, 2.45) is 5.92 Å². The van der Waals surface area contributed by atoms with Crippen LogP contribution in [0.3, 0.4) is 0 Å². The van der Waals surface area contributed by atoms with Crippen molar-refractivity contribution in [3.05, 3.63) is 23.8 Å². The molecule has 0 atom stereocenters. The van der Waals surface area contributed by atoms with Gasteiger partial charge < -0.3 is 14.8 Å². The second kappa shape index (κ2) is 7.63. The van der Waals surface area contributed by atoms with Gasteiger partial charge in [-0.1, -0.05) is 0 Å². The van der Waals surface area contributed by atoms with Crippen LogP contribution in [0.15, 0.2) is 18.2 Å². The highest BCUT2D eigenvalue weighted by molar-refractivity contribution is 6.00. The summed E-state index contributed by atoms with van der Waals surface area (Å²) in [5, 5.41) is 3.30. The first-order valence-corrected chi connectivity index (χ1v) is 8.19. The summed E-state index contributed by atoms with van der Waals surface area (Å²) in [7, 11) is 0. The maximum atomic E-state index is 12.8. The van der Waals surface area contributed by atoms with Gasteiger partial charge in [0, 0.05) is 12.0 Å². The van der Waals surface area contributed by atoms with Gasteiger partial charge in [0.1, 0.15) is 11.5 Å². The van der Waals surface area contributed by atoms with E-state index in [0.717, 1.165) is 31.7 Å². The molecule has 122 valence electrons. The number of hydrogen-bond acceptors (Lipinski definition) is 4. The first-order valence-electron chi connectivity index (χ1n) is 8.19. The fraction of sp³-hybridized carbons (Fsp3) is 0.611. The van der Waals surface area contributed by atoms with Crippen molar-refractivity contribution < 1.29 is 14.3 Å². The van der Waals surface area contributed by atoms with Gasteiger partial charge in [-0.25, -0.2) is 0 Å². The summed E-state index contributed by atoms with van der Waals surface area (Å²) in [6, 6.07) is 5.55. The summed E-state index contributed by atoms with van der Waals surface area (Å²) in [4.78, 5) is 12.8. The molecular weight excluding hydrogens is 278 g/mol. The van der Waals surface area contributed by atoms with Crippen molar-refractivity contribution in [3.8, 4) is 11.5 Å². The minimum absolute atomic E-state index is 0.0221. The van der Waals surface area contributed by atoms with Gasteiger partial charge in [-0.15, -0.1) is 0 Å². The Morgan fingerprint density at radius 2 is 1.73 bits per heavy atom. The Labute approximate surface area is 133 Å². The lowest BCUT2D eigenvalue weighted by Gasteiger charge is -2.23. The number of benzene rings is 1. The highest BCUT2D eigenvalue weighted by atomic mass is 16.5. The van der Waals surface area contributed by atoms with Crippen molar-refractivity contribution in [2.75, 3.05) is 13.1 Å². The fourth-order valence-corrected chi connectivity index (χ4v) is 2.71. The third kappa shape index (κ3) is 4.47. The number of carbonyl (C=O) groups is 1. The lowest BCUT2D eigenvalue weighted by Crippen LogP contribution is -2.32. The molecule has 2 rings (SSSR count). The van der Waals surface area contributed by atoms with Crippen LogP contribution in [0.25, 0.3) is 0 Å². The van der Waals surface area contributed by atoms with Gasteiger partial charge in [0.05, 0.1) is 17.8 Å². The summed E-state index contributed by atoms with van der Waals surface area (Å²) in [5.41, 5.74) is 0.678. The van der Waals surface area contributed by atoms with Crippen molar-refractivity contribution >= 4 is 5.78 Å². The van der Waals surface area contributed by atoms with E-state index in [-0.39, 0.29) is 23.9 Å². The van der Waals surface area contributed by atoms with E-state index in [1.807, 2.05) is 45.9 Å². The van der Waals surface area contributed by atoms with Gasteiger partial charge in [-0.05, 0) is 65.8 Å². The first-order chi connectivity index (χ1) is 10.5. The number of piperidine rings is 1. The lowest BCUT2D eigenvalue weighted by atomic mass is 9.89. The molecule has 0 amide bonds. The number of rotatable bonds is 6. The number of ether oxygens (including phenoxy) is 2. The number of carbonyl (C=O) groups excluding carboxylic acids is 1. The molecule has 0 bridgehead atoms. The fourth-order valence-electron chi connectivity index (χ4n) is 2.71. The molecule has 0 spiro atoms. The quantitative estimate of drug-likeness (QED) is 0.818. The molecule has 1 aliphatic rings. The van der Waals surface area contributed by atoms with Crippen LogP contribution < -0.4 is 14.8 Å². The van der Waals surface area contributed by atoms with Crippen molar-refractivity contribution in [3.63, 3.8) is 0 Å². The van der Waals surface area contributed by atoms with Crippen LogP contribution in [0, 0.1) is 5.92 Å². The van der Waals surface area contributed by atoms with E-state index in [4.69, 9.17) is 9.47 Å². The summed E-state index contributed by atoms with van der Waals surface area (Å²) >= 11 is 0. The summed E-state index contributed by atoms with van der Waals surface area (Å²) in [6.07, 6.45) is 1.90. The molecule has 1 saturated heterocycles. The maximum absolute atomic E-state index is 12.8. The van der Waals surface area contributed by atoms with Crippen LogP contribution in [0.4, 0.5) is 0 Å². The van der Waals surface area contributed by atoms with Crippen LogP contribution >= 0.6 is 0 Å². The Morgan fingerprint density at radius 1 is 1.09 bits per heavy atom. The van der Waals surface area contributed by atoms with Gasteiger partial charge in [-0.3, -0.25) is 4.79 Å². The van der Waals surface area contributed by atoms with Crippen LogP contribution in [-0.4, -0.2) is 31.1 Å². The molecule has 0 radical (unpaired) electrons. The second-order valence-corrected chi connectivity index (χ2v) is 6.38. The zero-order chi connectivity index (χ0) is 16.1. The summed E-state index contributed by atoms with van der Waals surface area (Å²) in [6.45, 7) is 9.72. The zero-order valence-corrected chi connectivity index (χ0v) is 14.0. The smallest absolute Gasteiger partial charge is 0.169 e. The molecule has 0 aliphatic carbocycles. The lowest BCUT2D eigenvalue weighted by molar-refractivity contribution is 0.0889. The molecule has 1 fully saturated rings. The molecule has 1 aromatic carbocycles. The van der Waals surface area contributed by atoms with Crippen molar-refractivity contribution in [1.82, 2.24) is 5.32 Å². The van der Waals surface area contributed by atoms with E-state index in [1.165, 1.54) is 0 Å². The third-order valence-corrected chi connectivity index (χ3v) is 3.66. The van der Waals surface area contributed by atoms with Crippen molar-refractivity contribution in [1.29, 1.82) is 0 Å². The van der Waals surface area contributed by atoms with E-state index < -0.39 is 0 Å². The number of hydrogen-bond donors (Lipinski definition) is 1.